The molecule has 1 aromatic carbocycles. The molecule has 2 saturated heterocycles. The first-order chi connectivity index (χ1) is 16.0. The van der Waals surface area contributed by atoms with Crippen LogP contribution in [0.15, 0.2) is 35.5 Å². The summed E-state index contributed by atoms with van der Waals surface area (Å²) in [7, 11) is -3.66. The maximum absolute atomic E-state index is 13.6. The zero-order valence-electron chi connectivity index (χ0n) is 19.5. The maximum Gasteiger partial charge on any atom is 0.251 e. The van der Waals surface area contributed by atoms with E-state index in [4.69, 9.17) is 0 Å². The van der Waals surface area contributed by atoms with E-state index in [0.717, 1.165) is 69.7 Å². The first-order valence-electron chi connectivity index (χ1n) is 12.1. The van der Waals surface area contributed by atoms with Crippen LogP contribution in [0, 0.1) is 6.92 Å². The number of aryl methyl sites for hydroxylation is 2. The molecule has 33 heavy (non-hydrogen) atoms. The van der Waals surface area contributed by atoms with Crippen molar-refractivity contribution in [3.63, 3.8) is 0 Å². The van der Waals surface area contributed by atoms with Crippen LogP contribution in [0.25, 0.3) is 0 Å². The first-order valence-corrected chi connectivity index (χ1v) is 13.6. The van der Waals surface area contributed by atoms with Crippen molar-refractivity contribution in [2.75, 3.05) is 37.6 Å². The molecular weight excluding hydrogens is 438 g/mol. The van der Waals surface area contributed by atoms with E-state index >= 15 is 0 Å². The van der Waals surface area contributed by atoms with Crippen LogP contribution in [0.4, 0.5) is 5.69 Å². The van der Waals surface area contributed by atoms with Crippen molar-refractivity contribution in [2.24, 2.45) is 0 Å². The number of imidazole rings is 1. The Labute approximate surface area is 197 Å². The predicted octanol–water partition coefficient (Wildman–Crippen LogP) is 3.18. The molecule has 0 unspecified atom stereocenters. The summed E-state index contributed by atoms with van der Waals surface area (Å²) in [5.74, 6) is 0.708. The molecule has 4 rings (SSSR count). The summed E-state index contributed by atoms with van der Waals surface area (Å²) in [6, 6.07) is 5.17. The number of carbonyl (C=O) groups excluding carboxylic acids is 1. The van der Waals surface area contributed by atoms with Gasteiger partial charge in [0.05, 0.1) is 5.69 Å². The van der Waals surface area contributed by atoms with Crippen molar-refractivity contribution < 1.29 is 13.2 Å². The quantitative estimate of drug-likeness (QED) is 0.595. The van der Waals surface area contributed by atoms with Crippen LogP contribution in [0.5, 0.6) is 0 Å². The number of hydrogen-bond acceptors (Lipinski definition) is 5. The lowest BCUT2D eigenvalue weighted by Gasteiger charge is -2.33. The number of piperidine rings is 2. The normalized spacial score (nSPS) is 17.8. The van der Waals surface area contributed by atoms with Crippen LogP contribution in [0.1, 0.15) is 61.1 Å². The van der Waals surface area contributed by atoms with Gasteiger partial charge in [0.15, 0.2) is 0 Å². The molecule has 0 atom stereocenters. The monoisotopic (exact) mass is 473 g/mol. The number of carbonyl (C=O) groups is 1. The van der Waals surface area contributed by atoms with E-state index < -0.39 is 10.0 Å². The van der Waals surface area contributed by atoms with E-state index in [9.17, 15) is 13.2 Å². The maximum atomic E-state index is 13.6. The minimum Gasteiger partial charge on any atom is -0.370 e. The summed E-state index contributed by atoms with van der Waals surface area (Å²) < 4.78 is 30.9. The van der Waals surface area contributed by atoms with E-state index in [0.29, 0.717) is 25.2 Å². The summed E-state index contributed by atoms with van der Waals surface area (Å²) in [5.41, 5.74) is 1.12. The predicted molar refractivity (Wildman–Crippen MR) is 129 cm³/mol. The third-order valence-electron chi connectivity index (χ3n) is 6.64. The average Bonchev–Trinajstić information content (AvgIpc) is 3.27. The van der Waals surface area contributed by atoms with Gasteiger partial charge in [-0.05, 0) is 63.6 Å². The molecular formula is C24H35N5O3S. The molecule has 2 fully saturated rings. The van der Waals surface area contributed by atoms with E-state index in [2.05, 4.69) is 15.2 Å². The Hall–Kier alpha value is -2.39. The zero-order chi connectivity index (χ0) is 23.3. The van der Waals surface area contributed by atoms with Crippen molar-refractivity contribution >= 4 is 21.6 Å². The molecule has 0 spiro atoms. The van der Waals surface area contributed by atoms with Gasteiger partial charge in [0.1, 0.15) is 10.7 Å². The topological polar surface area (TPSA) is 87.5 Å². The molecule has 2 aromatic rings. The summed E-state index contributed by atoms with van der Waals surface area (Å²) in [6.45, 7) is 6.03. The number of sulfonamides is 1. The number of hydrogen-bond donors (Lipinski definition) is 1. The van der Waals surface area contributed by atoms with Crippen molar-refractivity contribution in [3.8, 4) is 0 Å². The highest BCUT2D eigenvalue weighted by atomic mass is 32.2. The Morgan fingerprint density at radius 1 is 1.03 bits per heavy atom. The molecule has 0 bridgehead atoms. The molecule has 9 heteroatoms. The minimum absolute atomic E-state index is 0.238. The third kappa shape index (κ3) is 5.58. The fourth-order valence-electron chi connectivity index (χ4n) is 4.70. The van der Waals surface area contributed by atoms with Gasteiger partial charge >= 0.3 is 0 Å². The van der Waals surface area contributed by atoms with Gasteiger partial charge in [-0.15, -0.1) is 0 Å². The second-order valence-corrected chi connectivity index (χ2v) is 10.9. The van der Waals surface area contributed by atoms with Crippen molar-refractivity contribution in [1.29, 1.82) is 0 Å². The number of nitrogens with zero attached hydrogens (tertiary/aromatic N) is 4. The average molecular weight is 474 g/mol. The van der Waals surface area contributed by atoms with Crippen LogP contribution in [-0.2, 0) is 16.6 Å². The van der Waals surface area contributed by atoms with Gasteiger partial charge < -0.3 is 14.8 Å². The molecule has 0 aliphatic carbocycles. The number of rotatable bonds is 8. The minimum atomic E-state index is -3.66. The van der Waals surface area contributed by atoms with E-state index in [1.165, 1.54) is 6.42 Å². The van der Waals surface area contributed by atoms with Crippen molar-refractivity contribution in [2.45, 2.75) is 63.3 Å². The molecule has 2 aliphatic heterocycles. The summed E-state index contributed by atoms with van der Waals surface area (Å²) >= 11 is 0. The fourth-order valence-corrected chi connectivity index (χ4v) is 6.45. The highest BCUT2D eigenvalue weighted by molar-refractivity contribution is 7.89. The van der Waals surface area contributed by atoms with Crippen LogP contribution >= 0.6 is 0 Å². The Morgan fingerprint density at radius 3 is 2.39 bits per heavy atom. The second kappa shape index (κ2) is 10.7. The smallest absolute Gasteiger partial charge is 0.251 e. The molecule has 1 aromatic heterocycles. The number of aromatic nitrogens is 2. The largest absolute Gasteiger partial charge is 0.370 e. The zero-order valence-corrected chi connectivity index (χ0v) is 20.3. The van der Waals surface area contributed by atoms with Gasteiger partial charge in [0, 0.05) is 57.2 Å². The van der Waals surface area contributed by atoms with Gasteiger partial charge in [-0.2, -0.15) is 4.31 Å². The lowest BCUT2D eigenvalue weighted by atomic mass is 10.1. The third-order valence-corrected chi connectivity index (χ3v) is 8.56. The summed E-state index contributed by atoms with van der Waals surface area (Å²) in [5, 5.41) is 2.94. The fraction of sp³-hybridized carbons (Fsp3) is 0.583. The van der Waals surface area contributed by atoms with E-state index in [1.807, 2.05) is 23.8 Å². The molecule has 8 nitrogen and oxygen atoms in total. The highest BCUT2D eigenvalue weighted by Gasteiger charge is 2.31. The van der Waals surface area contributed by atoms with E-state index in [1.54, 1.807) is 22.6 Å². The number of amides is 1. The Morgan fingerprint density at radius 2 is 1.73 bits per heavy atom. The van der Waals surface area contributed by atoms with Gasteiger partial charge in [0.25, 0.3) is 5.91 Å². The lowest BCUT2D eigenvalue weighted by Crippen LogP contribution is -2.38. The van der Waals surface area contributed by atoms with Gasteiger partial charge in [-0.25, -0.2) is 13.4 Å². The Bertz CT molecular complexity index is 1050. The summed E-state index contributed by atoms with van der Waals surface area (Å²) in [6.07, 6.45) is 10.6. The standard InChI is InChI=1S/C24H35N5O3S/c1-20-25-12-18-27(20)15-8-11-26-24(30)21-9-10-22(28-13-4-2-5-14-28)23(19-21)33(31,32)29-16-6-3-7-17-29/h9-10,12,18-19H,2-8,11,13-17H2,1H3,(H,26,30). The van der Waals surface area contributed by atoms with Gasteiger partial charge in [-0.1, -0.05) is 6.42 Å². The van der Waals surface area contributed by atoms with Crippen LogP contribution in [0.3, 0.4) is 0 Å². The van der Waals surface area contributed by atoms with Crippen molar-refractivity contribution in [3.05, 3.63) is 42.0 Å². The Balaban J connectivity index is 1.51. The second-order valence-electron chi connectivity index (χ2n) is 8.97. The number of anilines is 1. The molecule has 0 saturated carbocycles. The highest BCUT2D eigenvalue weighted by Crippen LogP contribution is 2.32. The molecule has 1 amide bonds. The molecule has 2 aliphatic rings. The first kappa shape index (κ1) is 23.8. The molecule has 1 N–H and O–H groups in total. The Kier molecular flexibility index (Phi) is 7.70. The van der Waals surface area contributed by atoms with Crippen molar-refractivity contribution in [1.82, 2.24) is 19.2 Å². The summed E-state index contributed by atoms with van der Waals surface area (Å²) in [4.78, 5) is 19.5. The molecule has 0 radical (unpaired) electrons. The van der Waals surface area contributed by atoms with Gasteiger partial charge in [0.2, 0.25) is 10.0 Å². The van der Waals surface area contributed by atoms with Crippen LogP contribution in [0.2, 0.25) is 0 Å². The lowest BCUT2D eigenvalue weighted by molar-refractivity contribution is 0.0952. The molecule has 180 valence electrons. The van der Waals surface area contributed by atoms with Crippen LogP contribution < -0.4 is 10.2 Å². The number of nitrogens with one attached hydrogen (secondary N) is 1. The molecule has 3 heterocycles. The van der Waals surface area contributed by atoms with E-state index in [-0.39, 0.29) is 10.8 Å². The SMILES string of the molecule is Cc1nccn1CCCNC(=O)c1ccc(N2CCCCC2)c(S(=O)(=O)N2CCCCC2)c1. The number of benzene rings is 1. The van der Waals surface area contributed by atoms with Crippen LogP contribution in [-0.4, -0.2) is 60.9 Å². The van der Waals surface area contributed by atoms with Gasteiger partial charge in [-0.3, -0.25) is 4.79 Å².